The quantitative estimate of drug-likeness (QED) is 0.600. The van der Waals surface area contributed by atoms with Gasteiger partial charge in [-0.1, -0.05) is 61.0 Å². The summed E-state index contributed by atoms with van der Waals surface area (Å²) in [4.78, 5) is 13.0. The average molecular weight is 423 g/mol. The number of rotatable bonds is 7. The van der Waals surface area contributed by atoms with Crippen molar-refractivity contribution in [3.63, 3.8) is 0 Å². The maximum atomic E-state index is 13.5. The maximum absolute atomic E-state index is 13.5. The van der Waals surface area contributed by atoms with Crippen LogP contribution in [0.25, 0.3) is 0 Å². The van der Waals surface area contributed by atoms with Crippen molar-refractivity contribution >= 4 is 27.3 Å². The summed E-state index contributed by atoms with van der Waals surface area (Å²) in [5.41, 5.74) is 3.91. The summed E-state index contributed by atoms with van der Waals surface area (Å²) in [5.74, 6) is -0.394. The highest BCUT2D eigenvalue weighted by molar-refractivity contribution is 7.92. The molecular formula is C24H26N2O3S. The molecule has 0 aliphatic carbocycles. The zero-order valence-electron chi connectivity index (χ0n) is 17.4. The van der Waals surface area contributed by atoms with Gasteiger partial charge in [0.15, 0.2) is 0 Å². The molecule has 0 saturated heterocycles. The minimum Gasteiger partial charge on any atom is -0.324 e. The van der Waals surface area contributed by atoms with Crippen LogP contribution >= 0.6 is 0 Å². The van der Waals surface area contributed by atoms with Crippen LogP contribution in [0, 0.1) is 13.8 Å². The van der Waals surface area contributed by atoms with Crippen molar-refractivity contribution in [2.75, 3.05) is 16.2 Å². The van der Waals surface area contributed by atoms with Gasteiger partial charge in [-0.05, 0) is 55.7 Å². The molecular weight excluding hydrogens is 396 g/mol. The second-order valence-corrected chi connectivity index (χ2v) is 9.03. The van der Waals surface area contributed by atoms with Crippen LogP contribution in [0.5, 0.6) is 0 Å². The first kappa shape index (κ1) is 21.6. The van der Waals surface area contributed by atoms with Gasteiger partial charge in [0.05, 0.1) is 10.6 Å². The number of carbonyl (C=O) groups is 1. The van der Waals surface area contributed by atoms with E-state index in [4.69, 9.17) is 0 Å². The normalized spacial score (nSPS) is 11.2. The number of amides is 1. The molecule has 0 aliphatic heterocycles. The molecule has 0 fully saturated rings. The molecule has 0 atom stereocenters. The predicted molar refractivity (Wildman–Crippen MR) is 121 cm³/mol. The van der Waals surface area contributed by atoms with Crippen LogP contribution in [0.2, 0.25) is 0 Å². The third kappa shape index (κ3) is 4.71. The van der Waals surface area contributed by atoms with Crippen LogP contribution in [0.1, 0.15) is 23.6 Å². The first-order valence-electron chi connectivity index (χ1n) is 9.85. The topological polar surface area (TPSA) is 66.5 Å². The lowest BCUT2D eigenvalue weighted by Gasteiger charge is -2.26. The molecule has 3 rings (SSSR count). The molecule has 0 unspecified atom stereocenters. The summed E-state index contributed by atoms with van der Waals surface area (Å²) in [5, 5.41) is 2.87. The molecule has 5 nitrogen and oxygen atoms in total. The number of hydrogen-bond acceptors (Lipinski definition) is 3. The SMILES string of the molecule is CCc1ccccc1NC(=O)CN(c1ccccc1C)S(=O)(=O)c1ccc(C)cc1. The van der Waals surface area contributed by atoms with Crippen molar-refractivity contribution in [1.29, 1.82) is 0 Å². The summed E-state index contributed by atoms with van der Waals surface area (Å²) in [6, 6.07) is 21.3. The van der Waals surface area contributed by atoms with Gasteiger partial charge < -0.3 is 5.32 Å². The Kier molecular flexibility index (Phi) is 6.57. The Labute approximate surface area is 178 Å². The van der Waals surface area contributed by atoms with E-state index in [9.17, 15) is 13.2 Å². The van der Waals surface area contributed by atoms with Crippen LogP contribution in [-0.2, 0) is 21.2 Å². The van der Waals surface area contributed by atoms with Crippen molar-refractivity contribution in [1.82, 2.24) is 0 Å². The summed E-state index contributed by atoms with van der Waals surface area (Å²) < 4.78 is 28.1. The number of sulfonamides is 1. The lowest BCUT2D eigenvalue weighted by Crippen LogP contribution is -2.38. The molecule has 0 heterocycles. The molecule has 3 aromatic carbocycles. The number of nitrogens with one attached hydrogen (secondary N) is 1. The smallest absolute Gasteiger partial charge is 0.264 e. The molecule has 1 N–H and O–H groups in total. The van der Waals surface area contributed by atoms with Crippen LogP contribution in [0.4, 0.5) is 11.4 Å². The monoisotopic (exact) mass is 422 g/mol. The summed E-state index contributed by atoms with van der Waals surface area (Å²) in [7, 11) is -3.92. The van der Waals surface area contributed by atoms with E-state index in [1.807, 2.05) is 57.2 Å². The van der Waals surface area contributed by atoms with Crippen LogP contribution < -0.4 is 9.62 Å². The molecule has 30 heavy (non-hydrogen) atoms. The van der Waals surface area contributed by atoms with E-state index in [0.29, 0.717) is 11.4 Å². The van der Waals surface area contributed by atoms with E-state index < -0.39 is 15.9 Å². The van der Waals surface area contributed by atoms with Gasteiger partial charge in [-0.15, -0.1) is 0 Å². The molecule has 156 valence electrons. The Morgan fingerprint density at radius 3 is 2.20 bits per heavy atom. The van der Waals surface area contributed by atoms with Gasteiger partial charge in [0, 0.05) is 5.69 Å². The molecule has 0 bridgehead atoms. The van der Waals surface area contributed by atoms with E-state index in [1.165, 1.54) is 4.31 Å². The minimum atomic E-state index is -3.92. The Bertz CT molecular complexity index is 1140. The largest absolute Gasteiger partial charge is 0.324 e. The van der Waals surface area contributed by atoms with Gasteiger partial charge in [-0.25, -0.2) is 8.42 Å². The maximum Gasteiger partial charge on any atom is 0.264 e. The van der Waals surface area contributed by atoms with Crippen molar-refractivity contribution in [2.24, 2.45) is 0 Å². The minimum absolute atomic E-state index is 0.151. The third-order valence-corrected chi connectivity index (χ3v) is 6.73. The molecule has 0 radical (unpaired) electrons. The standard InChI is InChI=1S/C24H26N2O3S/c1-4-20-10-6-7-11-22(20)25-24(27)17-26(23-12-8-5-9-19(23)3)30(28,29)21-15-13-18(2)14-16-21/h5-16H,4,17H2,1-3H3,(H,25,27). The number of para-hydroxylation sites is 2. The number of benzene rings is 3. The highest BCUT2D eigenvalue weighted by atomic mass is 32.2. The van der Waals surface area contributed by atoms with Crippen LogP contribution in [0.15, 0.2) is 77.7 Å². The zero-order valence-corrected chi connectivity index (χ0v) is 18.2. The third-order valence-electron chi connectivity index (χ3n) is 4.95. The van der Waals surface area contributed by atoms with Gasteiger partial charge in [-0.2, -0.15) is 0 Å². The lowest BCUT2D eigenvalue weighted by molar-refractivity contribution is -0.114. The Morgan fingerprint density at radius 1 is 0.900 bits per heavy atom. The number of anilines is 2. The number of hydrogen-bond donors (Lipinski definition) is 1. The Morgan fingerprint density at radius 2 is 1.53 bits per heavy atom. The second kappa shape index (κ2) is 9.13. The fraction of sp³-hybridized carbons (Fsp3) is 0.208. The highest BCUT2D eigenvalue weighted by Crippen LogP contribution is 2.27. The van der Waals surface area contributed by atoms with Crippen LogP contribution in [-0.4, -0.2) is 20.9 Å². The zero-order chi connectivity index (χ0) is 21.7. The Hall–Kier alpha value is -3.12. The fourth-order valence-electron chi connectivity index (χ4n) is 3.25. The van der Waals surface area contributed by atoms with Gasteiger partial charge in [0.1, 0.15) is 6.54 Å². The van der Waals surface area contributed by atoms with Crippen molar-refractivity contribution in [2.45, 2.75) is 32.1 Å². The molecule has 3 aromatic rings. The first-order chi connectivity index (χ1) is 14.3. The summed E-state index contributed by atoms with van der Waals surface area (Å²) in [6.07, 6.45) is 0.764. The van der Waals surface area contributed by atoms with E-state index >= 15 is 0 Å². The molecule has 1 amide bonds. The number of nitrogens with zero attached hydrogens (tertiary/aromatic N) is 1. The molecule has 0 aliphatic rings. The number of carbonyl (C=O) groups excluding carboxylic acids is 1. The van der Waals surface area contributed by atoms with Crippen molar-refractivity contribution in [3.05, 3.63) is 89.5 Å². The summed E-state index contributed by atoms with van der Waals surface area (Å²) in [6.45, 7) is 5.41. The van der Waals surface area contributed by atoms with E-state index in [0.717, 1.165) is 23.1 Å². The first-order valence-corrected chi connectivity index (χ1v) is 11.3. The fourth-order valence-corrected chi connectivity index (χ4v) is 4.74. The molecule has 6 heteroatoms. The van der Waals surface area contributed by atoms with Crippen LogP contribution in [0.3, 0.4) is 0 Å². The van der Waals surface area contributed by atoms with Crippen molar-refractivity contribution in [3.8, 4) is 0 Å². The van der Waals surface area contributed by atoms with E-state index in [1.54, 1.807) is 36.4 Å². The van der Waals surface area contributed by atoms with Gasteiger partial charge >= 0.3 is 0 Å². The second-order valence-electron chi connectivity index (χ2n) is 7.17. The molecule has 0 aromatic heterocycles. The summed E-state index contributed by atoms with van der Waals surface area (Å²) >= 11 is 0. The van der Waals surface area contributed by atoms with Gasteiger partial charge in [0.25, 0.3) is 10.0 Å². The van der Waals surface area contributed by atoms with Crippen molar-refractivity contribution < 1.29 is 13.2 Å². The molecule has 0 spiro atoms. The molecule has 0 saturated carbocycles. The highest BCUT2D eigenvalue weighted by Gasteiger charge is 2.28. The van der Waals surface area contributed by atoms with Gasteiger partial charge in [-0.3, -0.25) is 9.10 Å². The van der Waals surface area contributed by atoms with E-state index in [-0.39, 0.29) is 11.4 Å². The predicted octanol–water partition coefficient (Wildman–Crippen LogP) is 4.70. The number of aryl methyl sites for hydroxylation is 3. The average Bonchev–Trinajstić information content (AvgIpc) is 2.73. The van der Waals surface area contributed by atoms with Gasteiger partial charge in [0.2, 0.25) is 5.91 Å². The van der Waals surface area contributed by atoms with E-state index in [2.05, 4.69) is 5.32 Å². The lowest BCUT2D eigenvalue weighted by atomic mass is 10.1. The Balaban J connectivity index is 1.97.